The second-order valence-electron chi connectivity index (χ2n) is 6.60. The SMILES string of the molecule is CN=C(NCc1cccnc1OC)N1CC(C)(C)C1(C)C. The summed E-state index contributed by atoms with van der Waals surface area (Å²) in [5, 5.41) is 3.41. The molecule has 1 N–H and O–H groups in total. The van der Waals surface area contributed by atoms with Crippen molar-refractivity contribution in [2.24, 2.45) is 10.4 Å². The molecule has 1 aromatic rings. The molecule has 1 saturated heterocycles. The highest BCUT2D eigenvalue weighted by atomic mass is 16.5. The number of aromatic nitrogens is 1. The minimum Gasteiger partial charge on any atom is -0.481 e. The van der Waals surface area contributed by atoms with Crippen LogP contribution in [0, 0.1) is 5.41 Å². The van der Waals surface area contributed by atoms with Gasteiger partial charge < -0.3 is 15.0 Å². The molecule has 0 aliphatic carbocycles. The van der Waals surface area contributed by atoms with Crippen LogP contribution in [-0.2, 0) is 6.54 Å². The number of pyridine rings is 1. The van der Waals surface area contributed by atoms with Gasteiger partial charge >= 0.3 is 0 Å². The molecule has 116 valence electrons. The van der Waals surface area contributed by atoms with Gasteiger partial charge in [0.15, 0.2) is 5.96 Å². The molecule has 0 bridgehead atoms. The van der Waals surface area contributed by atoms with Crippen molar-refractivity contribution in [3.63, 3.8) is 0 Å². The highest BCUT2D eigenvalue weighted by Gasteiger charge is 2.53. The maximum absolute atomic E-state index is 5.28. The Kier molecular flexibility index (Phi) is 4.12. The lowest BCUT2D eigenvalue weighted by atomic mass is 9.65. The van der Waals surface area contributed by atoms with Gasteiger partial charge in [0.2, 0.25) is 5.88 Å². The minimum absolute atomic E-state index is 0.0911. The first-order valence-corrected chi connectivity index (χ1v) is 7.29. The standard InChI is InChI=1S/C16H26N4O/c1-15(2)11-20(16(15,3)4)14(17-5)19-10-12-8-7-9-18-13(12)21-6/h7-9H,10-11H2,1-6H3,(H,17,19). The van der Waals surface area contributed by atoms with Crippen LogP contribution in [-0.4, -0.2) is 42.1 Å². The maximum Gasteiger partial charge on any atom is 0.218 e. The fourth-order valence-electron chi connectivity index (χ4n) is 2.61. The Morgan fingerprint density at radius 2 is 2.14 bits per heavy atom. The van der Waals surface area contributed by atoms with Gasteiger partial charge in [-0.25, -0.2) is 4.98 Å². The molecule has 0 atom stereocenters. The smallest absolute Gasteiger partial charge is 0.218 e. The van der Waals surface area contributed by atoms with E-state index < -0.39 is 0 Å². The predicted octanol–water partition coefficient (Wildman–Crippen LogP) is 2.29. The van der Waals surface area contributed by atoms with Gasteiger partial charge in [-0.15, -0.1) is 0 Å². The lowest BCUT2D eigenvalue weighted by Gasteiger charge is -2.62. The number of hydrogen-bond donors (Lipinski definition) is 1. The Bertz CT molecular complexity index is 537. The predicted molar refractivity (Wildman–Crippen MR) is 85.6 cm³/mol. The molecule has 0 unspecified atom stereocenters. The summed E-state index contributed by atoms with van der Waals surface area (Å²) >= 11 is 0. The number of likely N-dealkylation sites (tertiary alicyclic amines) is 1. The van der Waals surface area contributed by atoms with E-state index >= 15 is 0 Å². The molecule has 5 nitrogen and oxygen atoms in total. The minimum atomic E-state index is 0.0911. The van der Waals surface area contributed by atoms with E-state index in [1.54, 1.807) is 13.3 Å². The average Bonchev–Trinajstić information content (AvgIpc) is 2.47. The second-order valence-corrected chi connectivity index (χ2v) is 6.60. The van der Waals surface area contributed by atoms with Crippen LogP contribution in [0.4, 0.5) is 0 Å². The maximum atomic E-state index is 5.28. The van der Waals surface area contributed by atoms with Crippen LogP contribution in [0.5, 0.6) is 5.88 Å². The van der Waals surface area contributed by atoms with Gasteiger partial charge in [0.1, 0.15) is 0 Å². The van der Waals surface area contributed by atoms with Gasteiger partial charge in [0, 0.05) is 42.9 Å². The highest BCUT2D eigenvalue weighted by Crippen LogP contribution is 2.46. The first kappa shape index (κ1) is 15.6. The summed E-state index contributed by atoms with van der Waals surface area (Å²) in [4.78, 5) is 10.9. The number of rotatable bonds is 3. The quantitative estimate of drug-likeness (QED) is 0.685. The molecule has 0 saturated carbocycles. The van der Waals surface area contributed by atoms with E-state index in [2.05, 4.69) is 47.9 Å². The Hall–Kier alpha value is -1.78. The third-order valence-corrected chi connectivity index (χ3v) is 4.83. The molecule has 21 heavy (non-hydrogen) atoms. The average molecular weight is 290 g/mol. The molecule has 0 spiro atoms. The molecule has 5 heteroatoms. The van der Waals surface area contributed by atoms with Crippen molar-refractivity contribution in [1.82, 2.24) is 15.2 Å². The van der Waals surface area contributed by atoms with Crippen LogP contribution in [0.1, 0.15) is 33.3 Å². The molecule has 2 rings (SSSR count). The van der Waals surface area contributed by atoms with Gasteiger partial charge in [-0.3, -0.25) is 4.99 Å². The molecular weight excluding hydrogens is 264 g/mol. The Morgan fingerprint density at radius 3 is 2.67 bits per heavy atom. The van der Waals surface area contributed by atoms with Gasteiger partial charge in [-0.05, 0) is 19.9 Å². The fourth-order valence-corrected chi connectivity index (χ4v) is 2.61. The van der Waals surface area contributed by atoms with Gasteiger partial charge in [-0.2, -0.15) is 0 Å². The van der Waals surface area contributed by atoms with Crippen LogP contribution in [0.25, 0.3) is 0 Å². The molecule has 1 aromatic heterocycles. The van der Waals surface area contributed by atoms with Crippen LogP contribution in [0.2, 0.25) is 0 Å². The lowest BCUT2D eigenvalue weighted by molar-refractivity contribution is -0.0668. The van der Waals surface area contributed by atoms with E-state index in [1.807, 2.05) is 19.2 Å². The first-order chi connectivity index (χ1) is 9.83. The number of nitrogens with zero attached hydrogens (tertiary/aromatic N) is 3. The zero-order chi connectivity index (χ0) is 15.7. The Labute approximate surface area is 127 Å². The van der Waals surface area contributed by atoms with Crippen molar-refractivity contribution in [3.8, 4) is 5.88 Å². The number of guanidine groups is 1. The molecule has 0 amide bonds. The molecule has 1 aliphatic heterocycles. The van der Waals surface area contributed by atoms with E-state index in [0.29, 0.717) is 12.4 Å². The number of hydrogen-bond acceptors (Lipinski definition) is 3. The summed E-state index contributed by atoms with van der Waals surface area (Å²) in [5.41, 5.74) is 1.41. The van der Waals surface area contributed by atoms with E-state index in [-0.39, 0.29) is 11.0 Å². The van der Waals surface area contributed by atoms with Crippen molar-refractivity contribution in [2.75, 3.05) is 20.7 Å². The molecule has 2 heterocycles. The highest BCUT2D eigenvalue weighted by molar-refractivity contribution is 5.82. The van der Waals surface area contributed by atoms with Crippen molar-refractivity contribution in [3.05, 3.63) is 23.9 Å². The molecular formula is C16H26N4O. The third kappa shape index (κ3) is 2.69. The van der Waals surface area contributed by atoms with Gasteiger partial charge in [0.25, 0.3) is 0 Å². The number of nitrogens with one attached hydrogen (secondary N) is 1. The van der Waals surface area contributed by atoms with Crippen LogP contribution >= 0.6 is 0 Å². The zero-order valence-corrected chi connectivity index (χ0v) is 13.9. The summed E-state index contributed by atoms with van der Waals surface area (Å²) in [6, 6.07) is 3.93. The van der Waals surface area contributed by atoms with Crippen LogP contribution in [0.15, 0.2) is 23.3 Å². The van der Waals surface area contributed by atoms with E-state index in [4.69, 9.17) is 4.74 Å². The van der Waals surface area contributed by atoms with Crippen molar-refractivity contribution >= 4 is 5.96 Å². The molecule has 0 radical (unpaired) electrons. The normalized spacial score (nSPS) is 19.9. The zero-order valence-electron chi connectivity index (χ0n) is 13.9. The number of methoxy groups -OCH3 is 1. The molecule has 1 aliphatic rings. The summed E-state index contributed by atoms with van der Waals surface area (Å²) in [7, 11) is 3.46. The van der Waals surface area contributed by atoms with Gasteiger partial charge in [0.05, 0.1) is 7.11 Å². The van der Waals surface area contributed by atoms with E-state index in [1.165, 1.54) is 0 Å². The summed E-state index contributed by atoms with van der Waals surface area (Å²) < 4.78 is 5.28. The second kappa shape index (κ2) is 5.54. The van der Waals surface area contributed by atoms with Gasteiger partial charge in [-0.1, -0.05) is 19.9 Å². The van der Waals surface area contributed by atoms with Crippen LogP contribution < -0.4 is 10.1 Å². The first-order valence-electron chi connectivity index (χ1n) is 7.29. The van der Waals surface area contributed by atoms with E-state index in [0.717, 1.165) is 18.1 Å². The Morgan fingerprint density at radius 1 is 1.43 bits per heavy atom. The van der Waals surface area contributed by atoms with Crippen molar-refractivity contribution in [1.29, 1.82) is 0 Å². The molecule has 1 fully saturated rings. The summed E-state index contributed by atoms with van der Waals surface area (Å²) in [6.45, 7) is 10.8. The van der Waals surface area contributed by atoms with Crippen LogP contribution in [0.3, 0.4) is 0 Å². The van der Waals surface area contributed by atoms with E-state index in [9.17, 15) is 0 Å². The molecule has 0 aromatic carbocycles. The van der Waals surface area contributed by atoms with Crippen molar-refractivity contribution < 1.29 is 4.74 Å². The Balaban J connectivity index is 2.05. The summed E-state index contributed by atoms with van der Waals surface area (Å²) in [6.07, 6.45) is 1.73. The topological polar surface area (TPSA) is 49.8 Å². The third-order valence-electron chi connectivity index (χ3n) is 4.83. The number of ether oxygens (including phenoxy) is 1. The monoisotopic (exact) mass is 290 g/mol. The summed E-state index contributed by atoms with van der Waals surface area (Å²) in [5.74, 6) is 1.58. The fraction of sp³-hybridized carbons (Fsp3) is 0.625. The number of aliphatic imine (C=N–C) groups is 1. The largest absolute Gasteiger partial charge is 0.481 e. The van der Waals surface area contributed by atoms with Crippen molar-refractivity contribution in [2.45, 2.75) is 39.8 Å². The lowest BCUT2D eigenvalue weighted by Crippen LogP contribution is -2.72.